The normalized spacial score (nSPS) is 49.0. The summed E-state index contributed by atoms with van der Waals surface area (Å²) in [4.78, 5) is 24.4. The molecule has 30 heavy (non-hydrogen) atoms. The number of aliphatic hydroxyl groups is 3. The SMILES string of the molecule is C[C@@H]1C[C@H]2[C@@H]3CCC4=CC(=O)C=C[C@]4(C)[C@@]3(F)[C@@H](O)C[C@]2(C)[C@@]1(O)C(=O)CO.[NaH].[NaH]. The van der Waals surface area contributed by atoms with E-state index in [0.29, 0.717) is 24.8 Å². The molecule has 0 aromatic carbocycles. The molecule has 0 radical (unpaired) electrons. The molecule has 3 fully saturated rings. The topological polar surface area (TPSA) is 94.8 Å². The van der Waals surface area contributed by atoms with Gasteiger partial charge in [0, 0.05) is 16.7 Å². The third kappa shape index (κ3) is 3.05. The van der Waals surface area contributed by atoms with E-state index in [1.807, 2.05) is 0 Å². The third-order valence-electron chi connectivity index (χ3n) is 8.79. The van der Waals surface area contributed by atoms with E-state index in [9.17, 15) is 24.9 Å². The van der Waals surface area contributed by atoms with Gasteiger partial charge in [0.25, 0.3) is 0 Å². The van der Waals surface area contributed by atoms with Crippen molar-refractivity contribution in [2.45, 2.75) is 63.8 Å². The molecule has 0 aromatic rings. The van der Waals surface area contributed by atoms with Crippen molar-refractivity contribution in [2.75, 3.05) is 6.61 Å². The fourth-order valence-corrected chi connectivity index (χ4v) is 7.26. The summed E-state index contributed by atoms with van der Waals surface area (Å²) in [7, 11) is 0. The van der Waals surface area contributed by atoms with Crippen LogP contribution >= 0.6 is 0 Å². The van der Waals surface area contributed by atoms with Gasteiger partial charge in [0.1, 0.15) is 12.2 Å². The maximum atomic E-state index is 16.9. The van der Waals surface area contributed by atoms with E-state index in [1.54, 1.807) is 26.8 Å². The molecule has 158 valence electrons. The summed E-state index contributed by atoms with van der Waals surface area (Å²) in [5, 5.41) is 32.0. The van der Waals surface area contributed by atoms with Crippen LogP contribution in [0.5, 0.6) is 0 Å². The Labute approximate surface area is 221 Å². The molecular weight excluding hydrogens is 409 g/mol. The van der Waals surface area contributed by atoms with Gasteiger partial charge >= 0.3 is 59.1 Å². The predicted molar refractivity (Wildman–Crippen MR) is 114 cm³/mol. The first kappa shape index (κ1) is 26.9. The number of rotatable bonds is 2. The van der Waals surface area contributed by atoms with Crippen LogP contribution in [0.2, 0.25) is 0 Å². The molecule has 0 aromatic heterocycles. The fraction of sp³-hybridized carbons (Fsp3) is 0.727. The van der Waals surface area contributed by atoms with Crippen molar-refractivity contribution in [3.05, 3.63) is 23.8 Å². The van der Waals surface area contributed by atoms with Crippen molar-refractivity contribution in [1.29, 1.82) is 0 Å². The van der Waals surface area contributed by atoms with Crippen LogP contribution in [0.3, 0.4) is 0 Å². The summed E-state index contributed by atoms with van der Waals surface area (Å²) in [5.74, 6) is -2.12. The van der Waals surface area contributed by atoms with Gasteiger partial charge in [0.05, 0.1) is 6.10 Å². The number of Topliss-reactive ketones (excluding diaryl/α,β-unsaturated/α-hetero) is 1. The molecule has 0 spiro atoms. The average Bonchev–Trinajstić information content (AvgIpc) is 2.84. The molecule has 8 heteroatoms. The summed E-state index contributed by atoms with van der Waals surface area (Å²) in [6.07, 6.45) is 4.44. The second-order valence-corrected chi connectivity index (χ2v) is 9.75. The number of hydrogen-bond donors (Lipinski definition) is 3. The molecule has 0 saturated heterocycles. The van der Waals surface area contributed by atoms with Gasteiger partial charge in [0.15, 0.2) is 17.2 Å². The first-order valence-corrected chi connectivity index (χ1v) is 10.1. The zero-order valence-corrected chi connectivity index (χ0v) is 16.6. The molecule has 0 bridgehead atoms. The molecule has 0 aliphatic heterocycles. The van der Waals surface area contributed by atoms with Crippen LogP contribution in [0.25, 0.3) is 0 Å². The number of fused-ring (bicyclic) bond motifs is 5. The number of carbonyl (C=O) groups excluding carboxylic acids is 2. The van der Waals surface area contributed by atoms with Crippen molar-refractivity contribution in [3.8, 4) is 0 Å². The molecule has 8 atom stereocenters. The number of carbonyl (C=O) groups is 2. The monoisotopic (exact) mass is 440 g/mol. The van der Waals surface area contributed by atoms with Crippen LogP contribution in [-0.4, -0.2) is 110 Å². The molecule has 4 aliphatic rings. The Morgan fingerprint density at radius 3 is 2.50 bits per heavy atom. The predicted octanol–water partition coefficient (Wildman–Crippen LogP) is 0.599. The van der Waals surface area contributed by atoms with Crippen LogP contribution in [0.1, 0.15) is 46.5 Å². The summed E-state index contributed by atoms with van der Waals surface area (Å²) in [6, 6.07) is 0. The van der Waals surface area contributed by atoms with Crippen LogP contribution < -0.4 is 0 Å². The van der Waals surface area contributed by atoms with E-state index in [0.717, 1.165) is 0 Å². The van der Waals surface area contributed by atoms with Crippen molar-refractivity contribution < 1.29 is 29.3 Å². The Kier molecular flexibility index (Phi) is 7.57. The molecule has 0 unspecified atom stereocenters. The zero-order chi connectivity index (χ0) is 20.7. The number of ketones is 2. The quantitative estimate of drug-likeness (QED) is 0.547. The average molecular weight is 440 g/mol. The Balaban J connectivity index is 0.00000160. The fourth-order valence-electron chi connectivity index (χ4n) is 7.26. The maximum absolute atomic E-state index is 16.9. The van der Waals surface area contributed by atoms with E-state index in [2.05, 4.69) is 0 Å². The Hall–Kier alpha value is 0.630. The minimum atomic E-state index is -1.98. The van der Waals surface area contributed by atoms with E-state index < -0.39 is 52.4 Å². The molecular formula is C22H31FNa2O5. The Bertz CT molecular complexity index is 815. The van der Waals surface area contributed by atoms with Crippen molar-refractivity contribution in [3.63, 3.8) is 0 Å². The number of hydrogen-bond acceptors (Lipinski definition) is 5. The number of aliphatic hydroxyl groups excluding tert-OH is 2. The Morgan fingerprint density at radius 1 is 1.27 bits per heavy atom. The van der Waals surface area contributed by atoms with E-state index in [-0.39, 0.29) is 77.2 Å². The molecule has 0 amide bonds. The van der Waals surface area contributed by atoms with Gasteiger partial charge in [-0.2, -0.15) is 0 Å². The van der Waals surface area contributed by atoms with Crippen LogP contribution in [0.4, 0.5) is 4.39 Å². The molecule has 4 rings (SSSR count). The summed E-state index contributed by atoms with van der Waals surface area (Å²) >= 11 is 0. The first-order chi connectivity index (χ1) is 13.0. The van der Waals surface area contributed by atoms with Crippen molar-refractivity contribution in [1.82, 2.24) is 0 Å². The van der Waals surface area contributed by atoms with E-state index in [1.165, 1.54) is 12.2 Å². The van der Waals surface area contributed by atoms with Crippen LogP contribution in [-0.2, 0) is 9.59 Å². The molecule has 3 saturated carbocycles. The van der Waals surface area contributed by atoms with E-state index >= 15 is 4.39 Å². The van der Waals surface area contributed by atoms with Gasteiger partial charge in [0.2, 0.25) is 0 Å². The van der Waals surface area contributed by atoms with Crippen molar-refractivity contribution >= 4 is 70.7 Å². The molecule has 0 heterocycles. The molecule has 4 aliphatic carbocycles. The number of halogens is 1. The van der Waals surface area contributed by atoms with Gasteiger partial charge in [-0.05, 0) is 56.6 Å². The van der Waals surface area contributed by atoms with Gasteiger partial charge in [-0.25, -0.2) is 4.39 Å². The minimum absolute atomic E-state index is 0. The molecule has 3 N–H and O–H groups in total. The molecule has 5 nitrogen and oxygen atoms in total. The standard InChI is InChI=1S/C22H29FO5.2Na.2H/c1-12-8-16-15-5-4-13-9-14(25)6-7-19(13,2)21(15,23)17(26)10-20(16,3)22(12,28)18(27)11-24;;;;/h6-7,9,12,15-17,24,26,28H,4-5,8,10-11H2,1-3H3;;;;/t12-,15+,16+,17+,19+,20+,21+,22+;;;;/m1..../s1. The van der Waals surface area contributed by atoms with Gasteiger partial charge in [-0.3, -0.25) is 9.59 Å². The summed E-state index contributed by atoms with van der Waals surface area (Å²) in [5.41, 5.74) is -5.17. The zero-order valence-electron chi connectivity index (χ0n) is 16.6. The summed E-state index contributed by atoms with van der Waals surface area (Å²) < 4.78 is 16.9. The first-order valence-electron chi connectivity index (χ1n) is 10.1. The number of alkyl halides is 1. The third-order valence-corrected chi connectivity index (χ3v) is 8.79. The van der Waals surface area contributed by atoms with Gasteiger partial charge < -0.3 is 15.3 Å². The van der Waals surface area contributed by atoms with Gasteiger partial charge in [-0.1, -0.05) is 25.5 Å². The second-order valence-electron chi connectivity index (χ2n) is 9.75. The summed E-state index contributed by atoms with van der Waals surface area (Å²) in [6.45, 7) is 4.48. The number of allylic oxidation sites excluding steroid dienone is 4. The van der Waals surface area contributed by atoms with Crippen LogP contribution in [0.15, 0.2) is 23.8 Å². The van der Waals surface area contributed by atoms with Crippen LogP contribution in [0, 0.1) is 28.6 Å². The van der Waals surface area contributed by atoms with E-state index in [4.69, 9.17) is 0 Å². The second kappa shape index (κ2) is 8.44. The van der Waals surface area contributed by atoms with Crippen molar-refractivity contribution in [2.24, 2.45) is 28.6 Å². The van der Waals surface area contributed by atoms with Gasteiger partial charge in [-0.15, -0.1) is 0 Å². The Morgan fingerprint density at radius 2 is 1.90 bits per heavy atom.